The third-order valence-electron chi connectivity index (χ3n) is 4.35. The van der Waals surface area contributed by atoms with Crippen molar-refractivity contribution in [2.45, 2.75) is 32.9 Å². The number of nitrogens with one attached hydrogen (secondary N) is 1. The Labute approximate surface area is 161 Å². The Hall–Kier alpha value is -2.54. The highest BCUT2D eigenvalue weighted by Crippen LogP contribution is 2.22. The van der Waals surface area contributed by atoms with E-state index in [0.29, 0.717) is 5.69 Å². The van der Waals surface area contributed by atoms with Gasteiger partial charge in [0.05, 0.1) is 25.1 Å². The van der Waals surface area contributed by atoms with Gasteiger partial charge in [-0.3, -0.25) is 9.10 Å². The summed E-state index contributed by atoms with van der Waals surface area (Å²) in [5, 5.41) is 2.88. The summed E-state index contributed by atoms with van der Waals surface area (Å²) in [7, 11) is -2.04. The quantitative estimate of drug-likeness (QED) is 0.788. The fourth-order valence-corrected chi connectivity index (χ4v) is 3.99. The molecule has 0 aromatic heterocycles. The maximum Gasteiger partial charge on any atom is 0.244 e. The molecule has 0 fully saturated rings. The lowest BCUT2D eigenvalue weighted by Crippen LogP contribution is -2.48. The van der Waals surface area contributed by atoms with Crippen LogP contribution in [0, 0.1) is 6.92 Å². The molecule has 1 amide bonds. The molecule has 0 aliphatic rings. The van der Waals surface area contributed by atoms with E-state index in [0.717, 1.165) is 27.4 Å². The topological polar surface area (TPSA) is 75.7 Å². The van der Waals surface area contributed by atoms with Crippen molar-refractivity contribution in [3.05, 3.63) is 59.7 Å². The van der Waals surface area contributed by atoms with Crippen LogP contribution in [0.2, 0.25) is 0 Å². The van der Waals surface area contributed by atoms with E-state index in [-0.39, 0.29) is 11.9 Å². The molecule has 27 heavy (non-hydrogen) atoms. The Morgan fingerprint density at radius 3 is 2.07 bits per heavy atom. The third kappa shape index (κ3) is 5.23. The maximum atomic E-state index is 12.7. The molecule has 0 radical (unpaired) electrons. The van der Waals surface area contributed by atoms with E-state index in [2.05, 4.69) is 5.32 Å². The van der Waals surface area contributed by atoms with Crippen LogP contribution in [0.1, 0.15) is 31.0 Å². The van der Waals surface area contributed by atoms with Gasteiger partial charge in [-0.2, -0.15) is 0 Å². The first-order chi connectivity index (χ1) is 12.6. The monoisotopic (exact) mass is 390 g/mol. The first-order valence-electron chi connectivity index (χ1n) is 8.64. The molecule has 2 aromatic carbocycles. The summed E-state index contributed by atoms with van der Waals surface area (Å²) in [6.45, 7) is 5.35. The molecule has 0 unspecified atom stereocenters. The van der Waals surface area contributed by atoms with Gasteiger partial charge in [0.1, 0.15) is 11.8 Å². The van der Waals surface area contributed by atoms with Crippen molar-refractivity contribution in [2.24, 2.45) is 0 Å². The Morgan fingerprint density at radius 2 is 1.59 bits per heavy atom. The number of sulfonamides is 1. The Balaban J connectivity index is 2.20. The zero-order valence-corrected chi connectivity index (χ0v) is 17.1. The highest BCUT2D eigenvalue weighted by atomic mass is 32.2. The average molecular weight is 391 g/mol. The minimum absolute atomic E-state index is 0.273. The second kappa shape index (κ2) is 8.43. The van der Waals surface area contributed by atoms with Crippen LogP contribution in [-0.4, -0.2) is 33.7 Å². The van der Waals surface area contributed by atoms with Gasteiger partial charge in [-0.1, -0.05) is 29.8 Å². The highest BCUT2D eigenvalue weighted by molar-refractivity contribution is 7.92. The molecule has 2 atom stereocenters. The van der Waals surface area contributed by atoms with Gasteiger partial charge in [-0.05, 0) is 50.6 Å². The summed E-state index contributed by atoms with van der Waals surface area (Å²) in [6.07, 6.45) is 1.10. The molecule has 0 saturated carbocycles. The standard InChI is InChI=1S/C20H26N2O4S/c1-14-6-10-18(11-7-14)22(27(5,24)25)16(3)20(23)21-15(2)17-8-12-19(26-4)13-9-17/h6-13,15-16H,1-5H3,(H,21,23)/t15-,16-/m1/s1. The van der Waals surface area contributed by atoms with E-state index >= 15 is 0 Å². The molecular formula is C20H26N2O4S. The molecule has 7 heteroatoms. The maximum absolute atomic E-state index is 12.7. The third-order valence-corrected chi connectivity index (χ3v) is 5.59. The first-order valence-corrected chi connectivity index (χ1v) is 10.5. The lowest BCUT2D eigenvalue weighted by Gasteiger charge is -2.29. The number of carbonyl (C=O) groups is 1. The lowest BCUT2D eigenvalue weighted by molar-refractivity contribution is -0.122. The molecule has 2 rings (SSSR count). The van der Waals surface area contributed by atoms with Crippen molar-refractivity contribution in [2.75, 3.05) is 17.7 Å². The summed E-state index contributed by atoms with van der Waals surface area (Å²) >= 11 is 0. The molecule has 0 saturated heterocycles. The molecule has 1 N–H and O–H groups in total. The number of anilines is 1. The van der Waals surface area contributed by atoms with E-state index in [1.807, 2.05) is 50.2 Å². The SMILES string of the molecule is COc1ccc([C@@H](C)NC(=O)[C@@H](C)N(c2ccc(C)cc2)S(C)(=O)=O)cc1. The van der Waals surface area contributed by atoms with Gasteiger partial charge in [-0.15, -0.1) is 0 Å². The summed E-state index contributed by atoms with van der Waals surface area (Å²) in [5.74, 6) is 0.359. The minimum atomic E-state index is -3.63. The number of rotatable bonds is 7. The average Bonchev–Trinajstić information content (AvgIpc) is 2.62. The molecule has 0 aliphatic heterocycles. The molecule has 146 valence electrons. The van der Waals surface area contributed by atoms with Crippen molar-refractivity contribution in [1.82, 2.24) is 5.32 Å². The summed E-state index contributed by atoms with van der Waals surface area (Å²) < 4.78 is 30.9. The number of carbonyl (C=O) groups excluding carboxylic acids is 1. The van der Waals surface area contributed by atoms with Gasteiger partial charge in [0.2, 0.25) is 15.9 Å². The number of methoxy groups -OCH3 is 1. The molecule has 0 heterocycles. The fourth-order valence-electron chi connectivity index (χ4n) is 2.81. The van der Waals surface area contributed by atoms with Gasteiger partial charge in [0.25, 0.3) is 0 Å². The van der Waals surface area contributed by atoms with Crippen LogP contribution in [0.5, 0.6) is 5.75 Å². The van der Waals surface area contributed by atoms with Crippen molar-refractivity contribution in [3.8, 4) is 5.75 Å². The van der Waals surface area contributed by atoms with E-state index < -0.39 is 16.1 Å². The van der Waals surface area contributed by atoms with Crippen LogP contribution >= 0.6 is 0 Å². The van der Waals surface area contributed by atoms with Gasteiger partial charge >= 0.3 is 0 Å². The van der Waals surface area contributed by atoms with Crippen molar-refractivity contribution in [1.29, 1.82) is 0 Å². The fraction of sp³-hybridized carbons (Fsp3) is 0.350. The number of ether oxygens (including phenoxy) is 1. The largest absolute Gasteiger partial charge is 0.497 e. The number of hydrogen-bond donors (Lipinski definition) is 1. The smallest absolute Gasteiger partial charge is 0.244 e. The zero-order valence-electron chi connectivity index (χ0n) is 16.3. The molecule has 6 nitrogen and oxygen atoms in total. The van der Waals surface area contributed by atoms with Crippen molar-refractivity contribution >= 4 is 21.6 Å². The van der Waals surface area contributed by atoms with Crippen LogP contribution in [0.4, 0.5) is 5.69 Å². The van der Waals surface area contributed by atoms with Crippen LogP contribution in [0.25, 0.3) is 0 Å². The lowest BCUT2D eigenvalue weighted by atomic mass is 10.1. The number of amides is 1. The Kier molecular flexibility index (Phi) is 6.49. The second-order valence-corrected chi connectivity index (χ2v) is 8.43. The van der Waals surface area contributed by atoms with E-state index in [1.54, 1.807) is 26.2 Å². The summed E-state index contributed by atoms with van der Waals surface area (Å²) in [5.41, 5.74) is 2.37. The van der Waals surface area contributed by atoms with Crippen LogP contribution < -0.4 is 14.4 Å². The van der Waals surface area contributed by atoms with Crippen molar-refractivity contribution in [3.63, 3.8) is 0 Å². The summed E-state index contributed by atoms with van der Waals surface area (Å²) in [6, 6.07) is 13.2. The van der Waals surface area contributed by atoms with Gasteiger partial charge < -0.3 is 10.1 Å². The van der Waals surface area contributed by atoms with Crippen LogP contribution in [0.3, 0.4) is 0 Å². The van der Waals surface area contributed by atoms with E-state index in [9.17, 15) is 13.2 Å². The summed E-state index contributed by atoms with van der Waals surface area (Å²) in [4.78, 5) is 12.7. The van der Waals surface area contributed by atoms with E-state index in [1.165, 1.54) is 0 Å². The molecule has 0 aliphatic carbocycles. The van der Waals surface area contributed by atoms with E-state index in [4.69, 9.17) is 4.74 Å². The zero-order chi connectivity index (χ0) is 20.2. The Bertz CT molecular complexity index is 877. The molecular weight excluding hydrogens is 364 g/mol. The first kappa shape index (κ1) is 20.8. The van der Waals surface area contributed by atoms with Crippen molar-refractivity contribution < 1.29 is 17.9 Å². The van der Waals surface area contributed by atoms with Crippen LogP contribution in [-0.2, 0) is 14.8 Å². The Morgan fingerprint density at radius 1 is 1.04 bits per heavy atom. The number of nitrogens with zero attached hydrogens (tertiary/aromatic N) is 1. The number of benzene rings is 2. The van der Waals surface area contributed by atoms with Gasteiger partial charge in [-0.25, -0.2) is 8.42 Å². The minimum Gasteiger partial charge on any atom is -0.497 e. The molecule has 0 spiro atoms. The second-order valence-electron chi connectivity index (χ2n) is 6.57. The predicted molar refractivity (Wildman–Crippen MR) is 108 cm³/mol. The number of aryl methyl sites for hydroxylation is 1. The molecule has 2 aromatic rings. The van der Waals surface area contributed by atoms with Gasteiger partial charge in [0.15, 0.2) is 0 Å². The van der Waals surface area contributed by atoms with Gasteiger partial charge in [0, 0.05) is 0 Å². The van der Waals surface area contributed by atoms with Crippen LogP contribution in [0.15, 0.2) is 48.5 Å². The highest BCUT2D eigenvalue weighted by Gasteiger charge is 2.29. The number of hydrogen-bond acceptors (Lipinski definition) is 4. The molecule has 0 bridgehead atoms. The normalized spacial score (nSPS) is 13.5. The predicted octanol–water partition coefficient (Wildman–Crippen LogP) is 3.04.